The summed E-state index contributed by atoms with van der Waals surface area (Å²) in [4.78, 5) is 31.7. The first-order valence-electron chi connectivity index (χ1n) is 11.1. The largest absolute Gasteiger partial charge is 0.433 e. The molecule has 36 heavy (non-hydrogen) atoms. The van der Waals surface area contributed by atoms with Crippen LogP contribution in [0, 0.1) is 6.92 Å². The van der Waals surface area contributed by atoms with E-state index in [4.69, 9.17) is 0 Å². The van der Waals surface area contributed by atoms with E-state index in [2.05, 4.69) is 30.4 Å². The molecule has 0 aliphatic carbocycles. The van der Waals surface area contributed by atoms with Crippen molar-refractivity contribution in [3.63, 3.8) is 0 Å². The van der Waals surface area contributed by atoms with Crippen LogP contribution in [0.25, 0.3) is 11.4 Å². The number of fused-ring (bicyclic) bond motifs is 1. The average Bonchev–Trinajstić information content (AvgIpc) is 3.43. The maximum atomic E-state index is 13.3. The second kappa shape index (κ2) is 8.73. The van der Waals surface area contributed by atoms with Crippen LogP contribution >= 0.6 is 0 Å². The van der Waals surface area contributed by atoms with Gasteiger partial charge in [0.2, 0.25) is 5.95 Å². The van der Waals surface area contributed by atoms with Crippen molar-refractivity contribution in [3.05, 3.63) is 65.6 Å². The number of nitrogens with zero attached hydrogens (tertiary/aromatic N) is 8. The molecule has 10 nitrogen and oxygen atoms in total. The number of halogens is 3. The van der Waals surface area contributed by atoms with E-state index in [0.717, 1.165) is 17.8 Å². The van der Waals surface area contributed by atoms with Crippen LogP contribution < -0.4 is 5.32 Å². The summed E-state index contributed by atoms with van der Waals surface area (Å²) >= 11 is 0. The monoisotopic (exact) mass is 497 g/mol. The topological polar surface area (TPSA) is 107 Å². The first kappa shape index (κ1) is 23.5. The van der Waals surface area contributed by atoms with Crippen LogP contribution in [0.2, 0.25) is 0 Å². The van der Waals surface area contributed by atoms with Crippen molar-refractivity contribution >= 4 is 17.7 Å². The Morgan fingerprint density at radius 2 is 1.97 bits per heavy atom. The number of aryl methyl sites for hydroxylation is 2. The Morgan fingerprint density at radius 1 is 1.17 bits per heavy atom. The van der Waals surface area contributed by atoms with Gasteiger partial charge in [-0.1, -0.05) is 0 Å². The predicted octanol–water partition coefficient (Wildman–Crippen LogP) is 3.58. The summed E-state index contributed by atoms with van der Waals surface area (Å²) in [6.45, 7) is 4.15. The van der Waals surface area contributed by atoms with E-state index in [1.165, 1.54) is 11.0 Å². The van der Waals surface area contributed by atoms with E-state index in [1.54, 1.807) is 41.0 Å². The molecule has 0 saturated carbocycles. The number of alkyl halides is 3. The van der Waals surface area contributed by atoms with E-state index in [0.29, 0.717) is 35.3 Å². The van der Waals surface area contributed by atoms with Crippen molar-refractivity contribution in [1.82, 2.24) is 39.2 Å². The van der Waals surface area contributed by atoms with Crippen molar-refractivity contribution in [2.45, 2.75) is 39.2 Å². The van der Waals surface area contributed by atoms with E-state index < -0.39 is 11.9 Å². The van der Waals surface area contributed by atoms with Gasteiger partial charge in [-0.05, 0) is 37.1 Å². The van der Waals surface area contributed by atoms with Crippen molar-refractivity contribution < 1.29 is 18.0 Å². The number of hydrogen-bond donors (Lipinski definition) is 1. The highest BCUT2D eigenvalue weighted by molar-refractivity contribution is 5.92. The lowest BCUT2D eigenvalue weighted by Crippen LogP contribution is -2.46. The third-order valence-electron chi connectivity index (χ3n) is 5.96. The SMILES string of the molecule is Cc1cnc(Nc2ccnn2C)nc1-c1cn2c(n1)C(=O)N(Cc1ccnc(C(F)(F)F)c1)[C@@H](C)C2. The zero-order chi connectivity index (χ0) is 25.6. The Balaban J connectivity index is 1.42. The molecule has 0 spiro atoms. The number of anilines is 2. The summed E-state index contributed by atoms with van der Waals surface area (Å²) in [5.74, 6) is 0.890. The minimum Gasteiger partial charge on any atom is -0.327 e. The van der Waals surface area contributed by atoms with Gasteiger partial charge < -0.3 is 14.8 Å². The van der Waals surface area contributed by atoms with Crippen molar-refractivity contribution in [2.75, 3.05) is 5.32 Å². The van der Waals surface area contributed by atoms with Gasteiger partial charge in [-0.15, -0.1) is 0 Å². The molecule has 5 heterocycles. The quantitative estimate of drug-likeness (QED) is 0.449. The van der Waals surface area contributed by atoms with Gasteiger partial charge in [-0.3, -0.25) is 14.5 Å². The van der Waals surface area contributed by atoms with Gasteiger partial charge in [0, 0.05) is 50.8 Å². The van der Waals surface area contributed by atoms with Crippen LogP contribution in [0.3, 0.4) is 0 Å². The average molecular weight is 497 g/mol. The van der Waals surface area contributed by atoms with Gasteiger partial charge in [0.15, 0.2) is 5.82 Å². The number of amides is 1. The molecule has 5 rings (SSSR count). The normalized spacial score (nSPS) is 15.8. The number of carbonyl (C=O) groups excluding carboxylic acids is 1. The lowest BCUT2D eigenvalue weighted by atomic mass is 10.1. The first-order chi connectivity index (χ1) is 17.1. The van der Waals surface area contributed by atoms with Crippen molar-refractivity contribution in [3.8, 4) is 11.4 Å². The number of aromatic nitrogens is 7. The highest BCUT2D eigenvalue weighted by Crippen LogP contribution is 2.30. The van der Waals surface area contributed by atoms with Gasteiger partial charge in [-0.25, -0.2) is 15.0 Å². The van der Waals surface area contributed by atoms with E-state index in [9.17, 15) is 18.0 Å². The predicted molar refractivity (Wildman–Crippen MR) is 123 cm³/mol. The maximum Gasteiger partial charge on any atom is 0.433 e. The molecule has 1 atom stereocenters. The van der Waals surface area contributed by atoms with Gasteiger partial charge in [-0.2, -0.15) is 18.3 Å². The van der Waals surface area contributed by atoms with Crippen LogP contribution in [-0.4, -0.2) is 51.1 Å². The molecule has 1 aliphatic rings. The summed E-state index contributed by atoms with van der Waals surface area (Å²) in [6, 6.07) is 3.96. The molecular weight excluding hydrogens is 475 g/mol. The Bertz CT molecular complexity index is 1440. The van der Waals surface area contributed by atoms with Gasteiger partial charge in [0.05, 0.1) is 11.9 Å². The lowest BCUT2D eigenvalue weighted by Gasteiger charge is -2.33. The number of hydrogen-bond acceptors (Lipinski definition) is 7. The third-order valence-corrected chi connectivity index (χ3v) is 5.96. The zero-order valence-corrected chi connectivity index (χ0v) is 19.7. The number of pyridine rings is 1. The Labute approximate surface area is 203 Å². The molecule has 0 unspecified atom stereocenters. The Kier molecular flexibility index (Phi) is 5.69. The molecule has 0 radical (unpaired) electrons. The van der Waals surface area contributed by atoms with Crippen molar-refractivity contribution in [2.24, 2.45) is 7.05 Å². The molecule has 1 N–H and O–H groups in total. The van der Waals surface area contributed by atoms with Gasteiger partial charge in [0.25, 0.3) is 5.91 Å². The minimum atomic E-state index is -4.56. The Morgan fingerprint density at radius 3 is 2.69 bits per heavy atom. The molecule has 13 heteroatoms. The van der Waals surface area contributed by atoms with E-state index >= 15 is 0 Å². The summed E-state index contributed by atoms with van der Waals surface area (Å²) < 4.78 is 42.6. The second-order valence-electron chi connectivity index (χ2n) is 8.62. The molecule has 0 aromatic carbocycles. The first-order valence-corrected chi connectivity index (χ1v) is 11.1. The molecule has 4 aromatic heterocycles. The molecule has 0 fully saturated rings. The van der Waals surface area contributed by atoms with Crippen LogP contribution in [0.1, 0.15) is 34.4 Å². The van der Waals surface area contributed by atoms with Crippen LogP contribution in [0.5, 0.6) is 0 Å². The standard InChI is InChI=1S/C23H22F3N9O/c1-13-9-28-22(31-18-5-7-29-33(18)3)32-19(13)16-12-34-10-14(2)35(21(36)20(34)30-16)11-15-4-6-27-17(8-15)23(24,25)26/h4-9,12,14H,10-11H2,1-3H3,(H,28,31,32)/t14-/m0/s1. The fourth-order valence-corrected chi connectivity index (χ4v) is 4.08. The van der Waals surface area contributed by atoms with Crippen LogP contribution in [0.15, 0.2) is 43.0 Å². The number of imidazole rings is 1. The smallest absolute Gasteiger partial charge is 0.327 e. The van der Waals surface area contributed by atoms with Gasteiger partial charge in [0.1, 0.15) is 17.2 Å². The number of rotatable bonds is 5. The summed E-state index contributed by atoms with van der Waals surface area (Å²) in [7, 11) is 1.79. The van der Waals surface area contributed by atoms with E-state index in [-0.39, 0.29) is 24.3 Å². The molecule has 186 valence electrons. The molecule has 4 aromatic rings. The summed E-state index contributed by atoms with van der Waals surface area (Å²) in [5, 5.41) is 7.21. The molecular formula is C23H22F3N9O. The van der Waals surface area contributed by atoms with Crippen molar-refractivity contribution in [1.29, 1.82) is 0 Å². The van der Waals surface area contributed by atoms with E-state index in [1.807, 2.05) is 13.8 Å². The number of nitrogens with one attached hydrogen (secondary N) is 1. The lowest BCUT2D eigenvalue weighted by molar-refractivity contribution is -0.141. The van der Waals surface area contributed by atoms with Gasteiger partial charge >= 0.3 is 6.18 Å². The molecule has 1 amide bonds. The Hall–Kier alpha value is -4.29. The summed E-state index contributed by atoms with van der Waals surface area (Å²) in [5.41, 5.74) is 1.19. The van der Waals surface area contributed by atoms with Crippen LogP contribution in [0.4, 0.5) is 24.9 Å². The minimum absolute atomic E-state index is 0.0130. The van der Waals surface area contributed by atoms with Crippen LogP contribution in [-0.2, 0) is 26.3 Å². The fraction of sp³-hybridized carbons (Fsp3) is 0.304. The highest BCUT2D eigenvalue weighted by atomic mass is 19.4. The maximum absolute atomic E-state index is 13.3. The fourth-order valence-electron chi connectivity index (χ4n) is 4.08. The second-order valence-corrected chi connectivity index (χ2v) is 8.62. The third kappa shape index (κ3) is 4.39. The number of carbonyl (C=O) groups is 1. The molecule has 1 aliphatic heterocycles. The molecule has 0 saturated heterocycles. The summed E-state index contributed by atoms with van der Waals surface area (Å²) in [6.07, 6.45) is 1.62. The molecule has 0 bridgehead atoms. The zero-order valence-electron chi connectivity index (χ0n) is 19.7. The highest BCUT2D eigenvalue weighted by Gasteiger charge is 2.35.